The predicted octanol–water partition coefficient (Wildman–Crippen LogP) is 0.0541. The van der Waals surface area contributed by atoms with E-state index in [-0.39, 0.29) is 18.5 Å². The molecule has 5 heteroatoms. The van der Waals surface area contributed by atoms with Crippen molar-refractivity contribution in [1.29, 1.82) is 0 Å². The lowest BCUT2D eigenvalue weighted by Gasteiger charge is -2.24. The molecule has 1 saturated heterocycles. The first-order chi connectivity index (χ1) is 6.13. The molecule has 80 valence electrons. The Hall–Kier alpha value is -1.10. The van der Waals surface area contributed by atoms with Crippen LogP contribution < -0.4 is 11.1 Å². The highest BCUT2D eigenvalue weighted by Gasteiger charge is 2.45. The maximum atomic E-state index is 11.7. The van der Waals surface area contributed by atoms with Crippen LogP contribution >= 0.6 is 0 Å². The standard InChI is InChI=1S/C9H17N3O2/c1-8(2,10)5-12-6(13)9(3,4)11-7(12)14/h5,10H2,1-4H3,(H,11,14). The normalized spacial score (nSPS) is 21.4. The molecule has 0 aliphatic carbocycles. The molecule has 1 aliphatic heterocycles. The molecule has 14 heavy (non-hydrogen) atoms. The summed E-state index contributed by atoms with van der Waals surface area (Å²) in [6.45, 7) is 7.15. The van der Waals surface area contributed by atoms with Crippen LogP contribution in [0.3, 0.4) is 0 Å². The monoisotopic (exact) mass is 199 g/mol. The van der Waals surface area contributed by atoms with E-state index in [1.54, 1.807) is 27.7 Å². The first-order valence-corrected chi connectivity index (χ1v) is 4.56. The van der Waals surface area contributed by atoms with Gasteiger partial charge in [-0.3, -0.25) is 9.69 Å². The Morgan fingerprint density at radius 2 is 1.93 bits per heavy atom. The summed E-state index contributed by atoms with van der Waals surface area (Å²) >= 11 is 0. The maximum Gasteiger partial charge on any atom is 0.325 e. The van der Waals surface area contributed by atoms with Crippen LogP contribution in [0.5, 0.6) is 0 Å². The zero-order valence-corrected chi connectivity index (χ0v) is 9.05. The van der Waals surface area contributed by atoms with Crippen LogP contribution in [0.2, 0.25) is 0 Å². The number of carbonyl (C=O) groups is 2. The summed E-state index contributed by atoms with van der Waals surface area (Å²) < 4.78 is 0. The van der Waals surface area contributed by atoms with Gasteiger partial charge in [0.2, 0.25) is 0 Å². The van der Waals surface area contributed by atoms with Gasteiger partial charge in [-0.15, -0.1) is 0 Å². The minimum atomic E-state index is -0.803. The van der Waals surface area contributed by atoms with E-state index < -0.39 is 11.1 Å². The Labute approximate surface area is 83.6 Å². The number of rotatable bonds is 2. The van der Waals surface area contributed by atoms with E-state index in [0.717, 1.165) is 0 Å². The summed E-state index contributed by atoms with van der Waals surface area (Å²) in [7, 11) is 0. The highest BCUT2D eigenvalue weighted by molar-refractivity contribution is 6.06. The van der Waals surface area contributed by atoms with E-state index in [1.807, 2.05) is 0 Å². The molecule has 0 aromatic heterocycles. The minimum absolute atomic E-state index is 0.221. The average molecular weight is 199 g/mol. The Bertz CT molecular complexity index is 278. The van der Waals surface area contributed by atoms with Crippen LogP contribution in [-0.2, 0) is 4.79 Å². The first-order valence-electron chi connectivity index (χ1n) is 4.56. The Kier molecular flexibility index (Phi) is 2.31. The van der Waals surface area contributed by atoms with Crippen molar-refractivity contribution in [2.75, 3.05) is 6.54 Å². The van der Waals surface area contributed by atoms with E-state index >= 15 is 0 Å². The molecule has 0 atom stereocenters. The number of hydrogen-bond acceptors (Lipinski definition) is 3. The largest absolute Gasteiger partial charge is 0.325 e. The molecule has 3 amide bonds. The summed E-state index contributed by atoms with van der Waals surface area (Å²) in [5, 5.41) is 2.60. The molecule has 0 radical (unpaired) electrons. The summed E-state index contributed by atoms with van der Waals surface area (Å²) in [5.41, 5.74) is 4.39. The third-order valence-corrected chi connectivity index (χ3v) is 2.01. The number of urea groups is 1. The highest BCUT2D eigenvalue weighted by atomic mass is 16.2. The van der Waals surface area contributed by atoms with Gasteiger partial charge >= 0.3 is 6.03 Å². The summed E-state index contributed by atoms with van der Waals surface area (Å²) in [6.07, 6.45) is 0. The van der Waals surface area contributed by atoms with E-state index in [4.69, 9.17) is 5.73 Å². The fourth-order valence-corrected chi connectivity index (χ4v) is 1.37. The first kappa shape index (κ1) is 11.0. The van der Waals surface area contributed by atoms with E-state index in [1.165, 1.54) is 4.90 Å². The lowest BCUT2D eigenvalue weighted by molar-refractivity contribution is -0.130. The second-order valence-electron chi connectivity index (χ2n) is 4.94. The molecule has 5 nitrogen and oxygen atoms in total. The van der Waals surface area contributed by atoms with E-state index in [2.05, 4.69) is 5.32 Å². The van der Waals surface area contributed by atoms with Crippen molar-refractivity contribution >= 4 is 11.9 Å². The maximum absolute atomic E-state index is 11.7. The van der Waals surface area contributed by atoms with Gasteiger partial charge in [0, 0.05) is 12.1 Å². The summed E-state index contributed by atoms with van der Waals surface area (Å²) in [4.78, 5) is 24.3. The van der Waals surface area contributed by atoms with Crippen molar-refractivity contribution in [2.24, 2.45) is 5.73 Å². The van der Waals surface area contributed by atoms with Gasteiger partial charge in [-0.05, 0) is 27.7 Å². The summed E-state index contributed by atoms with van der Waals surface area (Å²) in [6, 6.07) is -0.362. The number of hydrogen-bond donors (Lipinski definition) is 2. The van der Waals surface area contributed by atoms with Crippen molar-refractivity contribution in [3.8, 4) is 0 Å². The van der Waals surface area contributed by atoms with Crippen LogP contribution in [0.25, 0.3) is 0 Å². The van der Waals surface area contributed by atoms with Gasteiger partial charge in [0.25, 0.3) is 5.91 Å². The average Bonchev–Trinajstić information content (AvgIpc) is 2.10. The molecule has 0 aromatic rings. The molecule has 1 fully saturated rings. The van der Waals surface area contributed by atoms with Gasteiger partial charge in [0.05, 0.1) is 0 Å². The molecule has 0 saturated carbocycles. The molecule has 1 rings (SSSR count). The Balaban J connectivity index is 2.82. The molecule has 0 spiro atoms. The molecular formula is C9H17N3O2. The fraction of sp³-hybridized carbons (Fsp3) is 0.778. The molecule has 0 bridgehead atoms. The van der Waals surface area contributed by atoms with Crippen molar-refractivity contribution in [2.45, 2.75) is 38.8 Å². The zero-order valence-electron chi connectivity index (χ0n) is 9.05. The van der Waals surface area contributed by atoms with Gasteiger partial charge < -0.3 is 11.1 Å². The Morgan fingerprint density at radius 3 is 2.21 bits per heavy atom. The molecular weight excluding hydrogens is 182 g/mol. The topological polar surface area (TPSA) is 75.4 Å². The van der Waals surface area contributed by atoms with Crippen LogP contribution in [0.15, 0.2) is 0 Å². The minimum Gasteiger partial charge on any atom is -0.324 e. The quantitative estimate of drug-likeness (QED) is 0.617. The third-order valence-electron chi connectivity index (χ3n) is 2.01. The second kappa shape index (κ2) is 2.95. The number of nitrogens with two attached hydrogens (primary N) is 1. The van der Waals surface area contributed by atoms with Crippen LogP contribution in [0.1, 0.15) is 27.7 Å². The van der Waals surface area contributed by atoms with Crippen molar-refractivity contribution < 1.29 is 9.59 Å². The predicted molar refractivity (Wildman–Crippen MR) is 52.6 cm³/mol. The molecule has 1 aliphatic rings. The number of nitrogens with zero attached hydrogens (tertiary/aromatic N) is 1. The highest BCUT2D eigenvalue weighted by Crippen LogP contribution is 2.18. The van der Waals surface area contributed by atoms with Gasteiger partial charge in [-0.2, -0.15) is 0 Å². The van der Waals surface area contributed by atoms with E-state index in [9.17, 15) is 9.59 Å². The third kappa shape index (κ3) is 2.04. The molecule has 0 aromatic carbocycles. The van der Waals surface area contributed by atoms with Crippen LogP contribution in [0.4, 0.5) is 4.79 Å². The van der Waals surface area contributed by atoms with Crippen LogP contribution in [-0.4, -0.2) is 34.5 Å². The number of nitrogens with one attached hydrogen (secondary N) is 1. The summed E-state index contributed by atoms with van der Waals surface area (Å²) in [5.74, 6) is -0.221. The number of carbonyl (C=O) groups excluding carboxylic acids is 2. The SMILES string of the molecule is CC(C)(N)CN1C(=O)NC(C)(C)C1=O. The second-order valence-corrected chi connectivity index (χ2v) is 4.94. The van der Waals surface area contributed by atoms with Crippen molar-refractivity contribution in [1.82, 2.24) is 10.2 Å². The Morgan fingerprint density at radius 1 is 1.43 bits per heavy atom. The van der Waals surface area contributed by atoms with Crippen LogP contribution in [0, 0.1) is 0 Å². The molecule has 0 unspecified atom stereocenters. The molecule has 1 heterocycles. The van der Waals surface area contributed by atoms with E-state index in [0.29, 0.717) is 0 Å². The number of imide groups is 1. The van der Waals surface area contributed by atoms with Gasteiger partial charge in [-0.1, -0.05) is 0 Å². The molecule has 3 N–H and O–H groups in total. The lowest BCUT2D eigenvalue weighted by atomic mass is 10.0. The van der Waals surface area contributed by atoms with Crippen molar-refractivity contribution in [3.05, 3.63) is 0 Å². The van der Waals surface area contributed by atoms with Crippen molar-refractivity contribution in [3.63, 3.8) is 0 Å². The lowest BCUT2D eigenvalue weighted by Crippen LogP contribution is -2.48. The van der Waals surface area contributed by atoms with Gasteiger partial charge in [0.1, 0.15) is 5.54 Å². The van der Waals surface area contributed by atoms with Gasteiger partial charge in [-0.25, -0.2) is 4.79 Å². The smallest absolute Gasteiger partial charge is 0.324 e. The zero-order chi connectivity index (χ0) is 11.1. The fourth-order valence-electron chi connectivity index (χ4n) is 1.37. The number of amides is 3. The van der Waals surface area contributed by atoms with Gasteiger partial charge in [0.15, 0.2) is 0 Å².